The number of carbonyl (C=O) groups excluding carboxylic acids is 3. The van der Waals surface area contributed by atoms with Crippen LogP contribution >= 0.6 is 0 Å². The molecule has 0 aromatic rings. The van der Waals surface area contributed by atoms with Crippen molar-refractivity contribution in [2.24, 2.45) is 0 Å². The Bertz CT molecular complexity index is 352. The van der Waals surface area contributed by atoms with Crippen molar-refractivity contribution >= 4 is 23.8 Å². The van der Waals surface area contributed by atoms with E-state index in [1.807, 2.05) is 0 Å². The molecule has 17 heavy (non-hydrogen) atoms. The van der Waals surface area contributed by atoms with Gasteiger partial charge in [-0.2, -0.15) is 0 Å². The molecule has 0 aliphatic carbocycles. The lowest BCUT2D eigenvalue weighted by Crippen LogP contribution is -2.56. The number of nitrogens with zero attached hydrogens (tertiary/aromatic N) is 2. The molecule has 2 N–H and O–H groups in total. The van der Waals surface area contributed by atoms with E-state index < -0.39 is 23.8 Å². The SMILES string of the molecule is CN(CCC(=O)O)C(=O)N1CC(=O)NC(=O)C1. The number of carboxylic acids is 1. The van der Waals surface area contributed by atoms with E-state index in [0.717, 1.165) is 4.90 Å². The van der Waals surface area contributed by atoms with Crippen molar-refractivity contribution in [3.63, 3.8) is 0 Å². The third kappa shape index (κ3) is 3.74. The van der Waals surface area contributed by atoms with E-state index in [1.54, 1.807) is 0 Å². The van der Waals surface area contributed by atoms with Crippen molar-refractivity contribution in [3.8, 4) is 0 Å². The summed E-state index contributed by atoms with van der Waals surface area (Å²) in [6, 6.07) is -0.533. The maximum atomic E-state index is 11.7. The van der Waals surface area contributed by atoms with Crippen LogP contribution in [0.2, 0.25) is 0 Å². The number of piperazine rings is 1. The predicted octanol–water partition coefficient (Wildman–Crippen LogP) is -1.53. The number of nitrogens with one attached hydrogen (secondary N) is 1. The Morgan fingerprint density at radius 2 is 1.88 bits per heavy atom. The van der Waals surface area contributed by atoms with Gasteiger partial charge in [-0.05, 0) is 0 Å². The molecule has 0 unspecified atom stereocenters. The summed E-state index contributed by atoms with van der Waals surface area (Å²) in [5, 5.41) is 10.5. The summed E-state index contributed by atoms with van der Waals surface area (Å²) in [5.41, 5.74) is 0. The zero-order valence-corrected chi connectivity index (χ0v) is 9.30. The molecule has 1 rings (SSSR count). The van der Waals surface area contributed by atoms with E-state index >= 15 is 0 Å². The van der Waals surface area contributed by atoms with Crippen molar-refractivity contribution < 1.29 is 24.3 Å². The summed E-state index contributed by atoms with van der Waals surface area (Å²) in [4.78, 5) is 46.4. The molecule has 1 aliphatic heterocycles. The van der Waals surface area contributed by atoms with Gasteiger partial charge in [-0.3, -0.25) is 19.7 Å². The first-order valence-corrected chi connectivity index (χ1v) is 4.94. The summed E-state index contributed by atoms with van der Waals surface area (Å²) in [6.45, 7) is -0.357. The fourth-order valence-electron chi connectivity index (χ4n) is 1.37. The van der Waals surface area contributed by atoms with E-state index in [-0.39, 0.29) is 26.1 Å². The Kier molecular flexibility index (Phi) is 4.02. The Labute approximate surface area is 97.2 Å². The molecule has 1 fully saturated rings. The Balaban J connectivity index is 2.53. The van der Waals surface area contributed by atoms with Crippen LogP contribution in [0.5, 0.6) is 0 Å². The lowest BCUT2D eigenvalue weighted by Gasteiger charge is -2.29. The molecule has 0 bridgehead atoms. The van der Waals surface area contributed by atoms with Crippen LogP contribution < -0.4 is 5.32 Å². The fourth-order valence-corrected chi connectivity index (χ4v) is 1.37. The van der Waals surface area contributed by atoms with Crippen LogP contribution in [0.4, 0.5) is 4.79 Å². The summed E-state index contributed by atoms with van der Waals surface area (Å²) in [5.74, 6) is -2.10. The van der Waals surface area contributed by atoms with Gasteiger partial charge in [0.2, 0.25) is 11.8 Å². The smallest absolute Gasteiger partial charge is 0.320 e. The average molecular weight is 243 g/mol. The topological polar surface area (TPSA) is 107 Å². The molecule has 8 heteroatoms. The van der Waals surface area contributed by atoms with E-state index in [0.29, 0.717) is 0 Å². The number of hydrogen-bond acceptors (Lipinski definition) is 4. The minimum atomic E-state index is -1.02. The molecular weight excluding hydrogens is 230 g/mol. The number of carbonyl (C=O) groups is 4. The minimum absolute atomic E-state index is 0.0283. The van der Waals surface area contributed by atoms with E-state index in [1.165, 1.54) is 11.9 Å². The quantitative estimate of drug-likeness (QED) is 0.585. The summed E-state index contributed by atoms with van der Waals surface area (Å²) in [7, 11) is 1.42. The highest BCUT2D eigenvalue weighted by Gasteiger charge is 2.28. The Morgan fingerprint density at radius 3 is 2.35 bits per heavy atom. The third-order valence-electron chi connectivity index (χ3n) is 2.21. The number of rotatable bonds is 3. The molecule has 1 aliphatic rings. The lowest BCUT2D eigenvalue weighted by molar-refractivity contribution is -0.138. The molecule has 4 amide bonds. The zero-order chi connectivity index (χ0) is 13.0. The lowest BCUT2D eigenvalue weighted by atomic mass is 10.3. The molecule has 0 radical (unpaired) electrons. The van der Waals surface area contributed by atoms with Crippen LogP contribution in [0.3, 0.4) is 0 Å². The summed E-state index contributed by atoms with van der Waals surface area (Å²) < 4.78 is 0. The van der Waals surface area contributed by atoms with Gasteiger partial charge < -0.3 is 14.9 Å². The first-order valence-electron chi connectivity index (χ1n) is 4.94. The molecule has 0 aromatic carbocycles. The van der Waals surface area contributed by atoms with Crippen LogP contribution in [0.15, 0.2) is 0 Å². The van der Waals surface area contributed by atoms with Crippen molar-refractivity contribution in [1.82, 2.24) is 15.1 Å². The number of urea groups is 1. The van der Waals surface area contributed by atoms with Gasteiger partial charge in [0.05, 0.1) is 6.42 Å². The van der Waals surface area contributed by atoms with Crippen LogP contribution in [-0.4, -0.2) is 65.4 Å². The van der Waals surface area contributed by atoms with Gasteiger partial charge in [0.15, 0.2) is 0 Å². The van der Waals surface area contributed by atoms with Crippen molar-refractivity contribution in [2.45, 2.75) is 6.42 Å². The van der Waals surface area contributed by atoms with E-state index in [4.69, 9.17) is 5.11 Å². The molecule has 0 atom stereocenters. The van der Waals surface area contributed by atoms with Gasteiger partial charge in [0.1, 0.15) is 13.1 Å². The molecule has 0 spiro atoms. The number of carboxylic acid groups (broad SMARTS) is 1. The predicted molar refractivity (Wildman–Crippen MR) is 55.0 cm³/mol. The van der Waals surface area contributed by atoms with Crippen molar-refractivity contribution in [1.29, 1.82) is 0 Å². The van der Waals surface area contributed by atoms with Gasteiger partial charge in [0.25, 0.3) is 0 Å². The molecule has 1 saturated heterocycles. The standard InChI is InChI=1S/C9H13N3O5/c1-11(3-2-8(15)16)9(17)12-4-6(13)10-7(14)5-12/h2-5H2,1H3,(H,15,16)(H,10,13,14). The van der Waals surface area contributed by atoms with Gasteiger partial charge in [-0.25, -0.2) is 4.79 Å². The second-order valence-electron chi connectivity index (χ2n) is 3.68. The largest absolute Gasteiger partial charge is 0.481 e. The number of amides is 4. The molecular formula is C9H13N3O5. The second-order valence-corrected chi connectivity index (χ2v) is 3.68. The van der Waals surface area contributed by atoms with Crippen LogP contribution in [-0.2, 0) is 14.4 Å². The summed E-state index contributed by atoms with van der Waals surface area (Å²) in [6.07, 6.45) is -0.184. The van der Waals surface area contributed by atoms with Gasteiger partial charge in [-0.15, -0.1) is 0 Å². The molecule has 8 nitrogen and oxygen atoms in total. The van der Waals surface area contributed by atoms with E-state index in [2.05, 4.69) is 5.32 Å². The Morgan fingerprint density at radius 1 is 1.35 bits per heavy atom. The van der Waals surface area contributed by atoms with Crippen LogP contribution in [0.25, 0.3) is 0 Å². The van der Waals surface area contributed by atoms with Gasteiger partial charge >= 0.3 is 12.0 Å². The maximum Gasteiger partial charge on any atom is 0.320 e. The van der Waals surface area contributed by atoms with Crippen LogP contribution in [0, 0.1) is 0 Å². The molecule has 94 valence electrons. The number of aliphatic carboxylic acids is 1. The molecule has 0 aromatic heterocycles. The third-order valence-corrected chi connectivity index (χ3v) is 2.21. The van der Waals surface area contributed by atoms with Crippen molar-refractivity contribution in [3.05, 3.63) is 0 Å². The van der Waals surface area contributed by atoms with Gasteiger partial charge in [-0.1, -0.05) is 0 Å². The number of imide groups is 1. The monoisotopic (exact) mass is 243 g/mol. The average Bonchev–Trinajstić information content (AvgIpc) is 2.23. The molecule has 1 heterocycles. The first-order chi connectivity index (χ1) is 7.90. The zero-order valence-electron chi connectivity index (χ0n) is 9.30. The van der Waals surface area contributed by atoms with Crippen LogP contribution in [0.1, 0.15) is 6.42 Å². The van der Waals surface area contributed by atoms with Gasteiger partial charge in [0, 0.05) is 13.6 Å². The minimum Gasteiger partial charge on any atom is -0.481 e. The fraction of sp³-hybridized carbons (Fsp3) is 0.556. The first kappa shape index (κ1) is 12.9. The highest BCUT2D eigenvalue weighted by molar-refractivity contribution is 6.02. The summed E-state index contributed by atoms with van der Waals surface area (Å²) >= 11 is 0. The molecule has 0 saturated carbocycles. The normalized spacial score (nSPS) is 15.5. The second kappa shape index (κ2) is 5.28. The highest BCUT2D eigenvalue weighted by atomic mass is 16.4. The Hall–Kier alpha value is -2.12. The van der Waals surface area contributed by atoms with Crippen molar-refractivity contribution in [2.75, 3.05) is 26.7 Å². The maximum absolute atomic E-state index is 11.7. The highest BCUT2D eigenvalue weighted by Crippen LogP contribution is 2.01. The number of hydrogen-bond donors (Lipinski definition) is 2. The van der Waals surface area contributed by atoms with E-state index in [9.17, 15) is 19.2 Å².